The van der Waals surface area contributed by atoms with E-state index < -0.39 is 0 Å². The SMILES string of the molecule is CNC1CCN([C@H](C)c2nccs2)CC1. The maximum Gasteiger partial charge on any atom is 0.109 e. The van der Waals surface area contributed by atoms with Crippen LogP contribution >= 0.6 is 11.3 Å². The normalized spacial score (nSPS) is 21.7. The van der Waals surface area contributed by atoms with E-state index in [4.69, 9.17) is 0 Å². The van der Waals surface area contributed by atoms with E-state index in [1.165, 1.54) is 30.9 Å². The molecule has 1 N–H and O–H groups in total. The molecule has 0 spiro atoms. The largest absolute Gasteiger partial charge is 0.317 e. The quantitative estimate of drug-likeness (QED) is 0.851. The topological polar surface area (TPSA) is 28.2 Å². The van der Waals surface area contributed by atoms with Crippen LogP contribution in [0.1, 0.15) is 30.8 Å². The van der Waals surface area contributed by atoms with Gasteiger partial charge >= 0.3 is 0 Å². The van der Waals surface area contributed by atoms with Crippen molar-refractivity contribution in [2.24, 2.45) is 0 Å². The third-order valence-corrected chi connectivity index (χ3v) is 4.24. The highest BCUT2D eigenvalue weighted by Crippen LogP contribution is 2.25. The molecule has 15 heavy (non-hydrogen) atoms. The summed E-state index contributed by atoms with van der Waals surface area (Å²) in [6.07, 6.45) is 4.41. The lowest BCUT2D eigenvalue weighted by Gasteiger charge is -2.35. The number of likely N-dealkylation sites (tertiary alicyclic amines) is 1. The number of piperidine rings is 1. The number of nitrogens with one attached hydrogen (secondary N) is 1. The average molecular weight is 225 g/mol. The molecule has 0 aromatic carbocycles. The molecule has 1 aliphatic rings. The van der Waals surface area contributed by atoms with Crippen LogP contribution in [-0.4, -0.2) is 36.1 Å². The zero-order valence-electron chi connectivity index (χ0n) is 9.44. The average Bonchev–Trinajstić information content (AvgIpc) is 2.82. The fourth-order valence-corrected chi connectivity index (χ4v) is 2.90. The fourth-order valence-electron chi connectivity index (χ4n) is 2.17. The highest BCUT2D eigenvalue weighted by Gasteiger charge is 2.23. The third kappa shape index (κ3) is 2.56. The molecule has 0 saturated carbocycles. The smallest absolute Gasteiger partial charge is 0.109 e. The van der Waals surface area contributed by atoms with Crippen LogP contribution in [0.5, 0.6) is 0 Å². The summed E-state index contributed by atoms with van der Waals surface area (Å²) in [5.74, 6) is 0. The summed E-state index contributed by atoms with van der Waals surface area (Å²) >= 11 is 1.76. The van der Waals surface area contributed by atoms with Crippen molar-refractivity contribution in [2.45, 2.75) is 31.8 Å². The van der Waals surface area contributed by atoms with Gasteiger partial charge in [-0.2, -0.15) is 0 Å². The van der Waals surface area contributed by atoms with E-state index in [9.17, 15) is 0 Å². The Morgan fingerprint density at radius 2 is 2.27 bits per heavy atom. The van der Waals surface area contributed by atoms with Crippen molar-refractivity contribution in [1.29, 1.82) is 0 Å². The van der Waals surface area contributed by atoms with Crippen molar-refractivity contribution >= 4 is 11.3 Å². The molecule has 1 fully saturated rings. The zero-order valence-corrected chi connectivity index (χ0v) is 10.3. The summed E-state index contributed by atoms with van der Waals surface area (Å²) < 4.78 is 0. The molecule has 1 aromatic rings. The number of hydrogen-bond acceptors (Lipinski definition) is 4. The molecule has 0 radical (unpaired) electrons. The molecule has 0 aliphatic carbocycles. The Bertz CT molecular complexity index is 278. The number of nitrogens with zero attached hydrogens (tertiary/aromatic N) is 2. The molecule has 2 heterocycles. The standard InChI is InChI=1S/C11H19N3S/c1-9(11-13-5-8-15-11)14-6-3-10(12-2)4-7-14/h5,8-10,12H,3-4,6-7H2,1-2H3/t9-/m1/s1. The first kappa shape index (κ1) is 11.0. The van der Waals surface area contributed by atoms with Gasteiger partial charge in [0.15, 0.2) is 0 Å². The molecular formula is C11H19N3S. The number of thiazole rings is 1. The van der Waals surface area contributed by atoms with Gasteiger partial charge in [-0.05, 0) is 26.8 Å². The van der Waals surface area contributed by atoms with Crippen molar-refractivity contribution in [3.63, 3.8) is 0 Å². The minimum Gasteiger partial charge on any atom is -0.317 e. The van der Waals surface area contributed by atoms with Crippen molar-refractivity contribution in [3.8, 4) is 0 Å². The Balaban J connectivity index is 1.90. The third-order valence-electron chi connectivity index (χ3n) is 3.29. The van der Waals surface area contributed by atoms with Gasteiger partial charge < -0.3 is 5.32 Å². The van der Waals surface area contributed by atoms with Crippen LogP contribution in [0.2, 0.25) is 0 Å². The number of rotatable bonds is 3. The molecular weight excluding hydrogens is 206 g/mol. The molecule has 1 saturated heterocycles. The highest BCUT2D eigenvalue weighted by molar-refractivity contribution is 7.09. The summed E-state index contributed by atoms with van der Waals surface area (Å²) in [6, 6.07) is 1.20. The summed E-state index contributed by atoms with van der Waals surface area (Å²) in [5.41, 5.74) is 0. The Morgan fingerprint density at radius 3 is 2.80 bits per heavy atom. The van der Waals surface area contributed by atoms with Crippen molar-refractivity contribution in [3.05, 3.63) is 16.6 Å². The summed E-state index contributed by atoms with van der Waals surface area (Å²) in [7, 11) is 2.06. The molecule has 3 nitrogen and oxygen atoms in total. The molecule has 4 heteroatoms. The van der Waals surface area contributed by atoms with Gasteiger partial charge in [-0.25, -0.2) is 4.98 Å². The first-order valence-electron chi connectivity index (χ1n) is 5.62. The van der Waals surface area contributed by atoms with Crippen LogP contribution < -0.4 is 5.32 Å². The van der Waals surface area contributed by atoms with Gasteiger partial charge in [0, 0.05) is 30.7 Å². The molecule has 0 bridgehead atoms. The molecule has 0 unspecified atom stereocenters. The van der Waals surface area contributed by atoms with Gasteiger partial charge in [-0.1, -0.05) is 0 Å². The van der Waals surface area contributed by atoms with E-state index in [0.29, 0.717) is 12.1 Å². The van der Waals surface area contributed by atoms with Gasteiger partial charge in [0.1, 0.15) is 5.01 Å². The summed E-state index contributed by atoms with van der Waals surface area (Å²) in [4.78, 5) is 6.93. The van der Waals surface area contributed by atoms with Crippen LogP contribution in [0.15, 0.2) is 11.6 Å². The van der Waals surface area contributed by atoms with Crippen molar-refractivity contribution in [2.75, 3.05) is 20.1 Å². The molecule has 1 atom stereocenters. The van der Waals surface area contributed by atoms with E-state index in [1.54, 1.807) is 11.3 Å². The van der Waals surface area contributed by atoms with Gasteiger partial charge in [-0.15, -0.1) is 11.3 Å². The van der Waals surface area contributed by atoms with E-state index in [2.05, 4.69) is 34.6 Å². The molecule has 2 rings (SSSR count). The Labute approximate surface area is 95.5 Å². The molecule has 1 aliphatic heterocycles. The molecule has 0 amide bonds. The minimum absolute atomic E-state index is 0.489. The van der Waals surface area contributed by atoms with E-state index >= 15 is 0 Å². The monoisotopic (exact) mass is 225 g/mol. The zero-order chi connectivity index (χ0) is 10.7. The first-order valence-corrected chi connectivity index (χ1v) is 6.50. The van der Waals surface area contributed by atoms with Crippen molar-refractivity contribution < 1.29 is 0 Å². The second-order valence-corrected chi connectivity index (χ2v) is 5.07. The van der Waals surface area contributed by atoms with Gasteiger partial charge in [0.05, 0.1) is 6.04 Å². The van der Waals surface area contributed by atoms with Crippen molar-refractivity contribution in [1.82, 2.24) is 15.2 Å². The van der Waals surface area contributed by atoms with E-state index in [1.807, 2.05) is 6.20 Å². The van der Waals surface area contributed by atoms with Crippen LogP contribution in [0.3, 0.4) is 0 Å². The lowest BCUT2D eigenvalue weighted by molar-refractivity contribution is 0.155. The van der Waals surface area contributed by atoms with Gasteiger partial charge in [0.2, 0.25) is 0 Å². The van der Waals surface area contributed by atoms with Crippen LogP contribution in [-0.2, 0) is 0 Å². The maximum atomic E-state index is 4.39. The van der Waals surface area contributed by atoms with Crippen LogP contribution in [0.25, 0.3) is 0 Å². The van der Waals surface area contributed by atoms with Gasteiger partial charge in [-0.3, -0.25) is 4.90 Å². The van der Waals surface area contributed by atoms with E-state index in [-0.39, 0.29) is 0 Å². The number of aromatic nitrogens is 1. The minimum atomic E-state index is 0.489. The van der Waals surface area contributed by atoms with Crippen LogP contribution in [0.4, 0.5) is 0 Å². The molecule has 84 valence electrons. The lowest BCUT2D eigenvalue weighted by Crippen LogP contribution is -2.42. The molecule has 1 aromatic heterocycles. The van der Waals surface area contributed by atoms with Crippen LogP contribution in [0, 0.1) is 0 Å². The Morgan fingerprint density at radius 1 is 1.53 bits per heavy atom. The predicted molar refractivity (Wildman–Crippen MR) is 64.2 cm³/mol. The van der Waals surface area contributed by atoms with E-state index in [0.717, 1.165) is 0 Å². The second kappa shape index (κ2) is 5.05. The van der Waals surface area contributed by atoms with Gasteiger partial charge in [0.25, 0.3) is 0 Å². The Kier molecular flexibility index (Phi) is 3.72. The Hall–Kier alpha value is -0.450. The second-order valence-electron chi connectivity index (χ2n) is 4.15. The summed E-state index contributed by atoms with van der Waals surface area (Å²) in [5, 5.41) is 6.67. The lowest BCUT2D eigenvalue weighted by atomic mass is 10.0. The number of hydrogen-bond donors (Lipinski definition) is 1. The summed E-state index contributed by atoms with van der Waals surface area (Å²) in [6.45, 7) is 4.64. The highest BCUT2D eigenvalue weighted by atomic mass is 32.1. The maximum absolute atomic E-state index is 4.39. The fraction of sp³-hybridized carbons (Fsp3) is 0.727. The predicted octanol–water partition coefficient (Wildman–Crippen LogP) is 1.89. The first-order chi connectivity index (χ1) is 7.31.